The maximum absolute atomic E-state index is 11.5. The molecule has 78 valence electrons. The van der Waals surface area contributed by atoms with Crippen molar-refractivity contribution in [3.05, 3.63) is 0 Å². The van der Waals surface area contributed by atoms with Crippen LogP contribution in [0.2, 0.25) is 0 Å². The molecule has 0 aromatic carbocycles. The summed E-state index contributed by atoms with van der Waals surface area (Å²) in [5, 5.41) is 9.44. The standard InChI is InChI=1S/C11H16O3/c12-10(13)11(8-3-4-8)5-6-14-9(11)7-1-2-7/h7-9H,1-6H2,(H,12,13). The molecule has 1 aliphatic heterocycles. The summed E-state index contributed by atoms with van der Waals surface area (Å²) in [6.45, 7) is 0.657. The number of ether oxygens (including phenoxy) is 1. The minimum Gasteiger partial charge on any atom is -0.481 e. The van der Waals surface area contributed by atoms with E-state index in [4.69, 9.17) is 4.74 Å². The molecule has 3 nitrogen and oxygen atoms in total. The highest BCUT2D eigenvalue weighted by atomic mass is 16.5. The maximum Gasteiger partial charge on any atom is 0.312 e. The zero-order chi connectivity index (χ0) is 9.76. The third-order valence-corrected chi connectivity index (χ3v) is 4.08. The van der Waals surface area contributed by atoms with Gasteiger partial charge in [-0.3, -0.25) is 4.79 Å². The monoisotopic (exact) mass is 196 g/mol. The van der Waals surface area contributed by atoms with Gasteiger partial charge in [0.05, 0.1) is 11.5 Å². The number of hydrogen-bond acceptors (Lipinski definition) is 2. The molecule has 3 aliphatic rings. The molecule has 3 fully saturated rings. The molecule has 1 N–H and O–H groups in total. The van der Waals surface area contributed by atoms with Crippen LogP contribution in [0.1, 0.15) is 32.1 Å². The Morgan fingerprint density at radius 2 is 2.00 bits per heavy atom. The molecule has 0 aromatic rings. The zero-order valence-electron chi connectivity index (χ0n) is 8.24. The Morgan fingerprint density at radius 1 is 1.29 bits per heavy atom. The minimum atomic E-state index is -0.602. The molecule has 14 heavy (non-hydrogen) atoms. The third-order valence-electron chi connectivity index (χ3n) is 4.08. The first-order valence-corrected chi connectivity index (χ1v) is 5.60. The fraction of sp³-hybridized carbons (Fsp3) is 0.909. The molecule has 0 radical (unpaired) electrons. The van der Waals surface area contributed by atoms with Crippen molar-refractivity contribution < 1.29 is 14.6 Å². The molecule has 2 atom stereocenters. The minimum absolute atomic E-state index is 0.0347. The Bertz CT molecular complexity index is 268. The van der Waals surface area contributed by atoms with Crippen molar-refractivity contribution in [3.8, 4) is 0 Å². The number of hydrogen-bond donors (Lipinski definition) is 1. The van der Waals surface area contributed by atoms with Gasteiger partial charge in [0.1, 0.15) is 0 Å². The van der Waals surface area contributed by atoms with Crippen LogP contribution in [-0.4, -0.2) is 23.8 Å². The predicted octanol–water partition coefficient (Wildman–Crippen LogP) is 1.67. The molecule has 0 spiro atoms. The average molecular weight is 196 g/mol. The highest BCUT2D eigenvalue weighted by Gasteiger charge is 2.62. The Balaban J connectivity index is 1.91. The quantitative estimate of drug-likeness (QED) is 0.746. The molecule has 0 bridgehead atoms. The Morgan fingerprint density at radius 3 is 2.50 bits per heavy atom. The second-order valence-electron chi connectivity index (χ2n) is 5.00. The van der Waals surface area contributed by atoms with Crippen LogP contribution in [0.5, 0.6) is 0 Å². The second-order valence-corrected chi connectivity index (χ2v) is 5.00. The van der Waals surface area contributed by atoms with Crippen LogP contribution >= 0.6 is 0 Å². The predicted molar refractivity (Wildman–Crippen MR) is 49.9 cm³/mol. The van der Waals surface area contributed by atoms with E-state index >= 15 is 0 Å². The van der Waals surface area contributed by atoms with Crippen LogP contribution in [0.25, 0.3) is 0 Å². The van der Waals surface area contributed by atoms with Crippen LogP contribution < -0.4 is 0 Å². The van der Waals surface area contributed by atoms with E-state index in [0.29, 0.717) is 18.4 Å². The Hall–Kier alpha value is -0.570. The fourth-order valence-corrected chi connectivity index (χ4v) is 3.04. The molecule has 2 unspecified atom stereocenters. The summed E-state index contributed by atoms with van der Waals surface area (Å²) in [5.74, 6) is 0.358. The number of carboxylic acid groups (broad SMARTS) is 1. The van der Waals surface area contributed by atoms with Gasteiger partial charge in [0, 0.05) is 6.61 Å². The lowest BCUT2D eigenvalue weighted by molar-refractivity contribution is -0.155. The summed E-state index contributed by atoms with van der Waals surface area (Å²) < 4.78 is 5.67. The molecule has 1 saturated heterocycles. The number of aliphatic carboxylic acids is 1. The van der Waals surface area contributed by atoms with Gasteiger partial charge in [0.25, 0.3) is 0 Å². The summed E-state index contributed by atoms with van der Waals surface area (Å²) >= 11 is 0. The van der Waals surface area contributed by atoms with Gasteiger partial charge in [-0.05, 0) is 43.9 Å². The zero-order valence-corrected chi connectivity index (χ0v) is 8.24. The highest BCUT2D eigenvalue weighted by Crippen LogP contribution is 2.58. The lowest BCUT2D eigenvalue weighted by Gasteiger charge is -2.29. The van der Waals surface area contributed by atoms with Gasteiger partial charge in [0.15, 0.2) is 0 Å². The number of rotatable bonds is 3. The molecule has 2 saturated carbocycles. The van der Waals surface area contributed by atoms with Gasteiger partial charge in [-0.25, -0.2) is 0 Å². The van der Waals surface area contributed by atoms with Gasteiger partial charge < -0.3 is 9.84 Å². The van der Waals surface area contributed by atoms with E-state index < -0.39 is 11.4 Å². The van der Waals surface area contributed by atoms with Gasteiger partial charge in [-0.1, -0.05) is 0 Å². The van der Waals surface area contributed by atoms with Crippen molar-refractivity contribution in [3.63, 3.8) is 0 Å². The van der Waals surface area contributed by atoms with E-state index in [-0.39, 0.29) is 6.10 Å². The molecular formula is C11H16O3. The van der Waals surface area contributed by atoms with Crippen molar-refractivity contribution >= 4 is 5.97 Å². The van der Waals surface area contributed by atoms with Crippen LogP contribution in [0.15, 0.2) is 0 Å². The van der Waals surface area contributed by atoms with Crippen molar-refractivity contribution in [2.75, 3.05) is 6.61 Å². The molecular weight excluding hydrogens is 180 g/mol. The Kier molecular flexibility index (Phi) is 1.69. The summed E-state index contributed by atoms with van der Waals surface area (Å²) in [4.78, 5) is 11.5. The van der Waals surface area contributed by atoms with Crippen LogP contribution in [0.4, 0.5) is 0 Å². The van der Waals surface area contributed by atoms with E-state index in [9.17, 15) is 9.90 Å². The smallest absolute Gasteiger partial charge is 0.312 e. The normalized spacial score (nSPS) is 42.7. The van der Waals surface area contributed by atoms with E-state index in [1.807, 2.05) is 0 Å². The second kappa shape index (κ2) is 2.72. The summed E-state index contributed by atoms with van der Waals surface area (Å²) in [7, 11) is 0. The molecule has 0 amide bonds. The van der Waals surface area contributed by atoms with Crippen LogP contribution in [0.3, 0.4) is 0 Å². The topological polar surface area (TPSA) is 46.5 Å². The lowest BCUT2D eigenvalue weighted by Crippen LogP contribution is -2.42. The molecule has 0 aromatic heterocycles. The molecule has 1 heterocycles. The highest BCUT2D eigenvalue weighted by molar-refractivity contribution is 5.77. The van der Waals surface area contributed by atoms with Gasteiger partial charge in [0.2, 0.25) is 0 Å². The van der Waals surface area contributed by atoms with Crippen LogP contribution in [-0.2, 0) is 9.53 Å². The summed E-state index contributed by atoms with van der Waals surface area (Å²) in [5.41, 5.74) is -0.499. The van der Waals surface area contributed by atoms with Crippen molar-refractivity contribution in [2.45, 2.75) is 38.2 Å². The molecule has 3 heteroatoms. The first-order chi connectivity index (χ1) is 6.75. The van der Waals surface area contributed by atoms with E-state index in [1.54, 1.807) is 0 Å². The van der Waals surface area contributed by atoms with Gasteiger partial charge in [-0.15, -0.1) is 0 Å². The largest absolute Gasteiger partial charge is 0.481 e. The Labute approximate surface area is 83.4 Å². The lowest BCUT2D eigenvalue weighted by atomic mass is 9.74. The first kappa shape index (κ1) is 8.72. The maximum atomic E-state index is 11.5. The van der Waals surface area contributed by atoms with Crippen LogP contribution in [0, 0.1) is 17.3 Å². The number of carbonyl (C=O) groups is 1. The fourth-order valence-electron chi connectivity index (χ4n) is 3.04. The molecule has 2 aliphatic carbocycles. The van der Waals surface area contributed by atoms with Crippen molar-refractivity contribution in [2.24, 2.45) is 17.3 Å². The third kappa shape index (κ3) is 1.05. The number of carboxylic acids is 1. The van der Waals surface area contributed by atoms with E-state index in [0.717, 1.165) is 19.3 Å². The first-order valence-electron chi connectivity index (χ1n) is 5.60. The van der Waals surface area contributed by atoms with Gasteiger partial charge >= 0.3 is 5.97 Å². The van der Waals surface area contributed by atoms with Gasteiger partial charge in [-0.2, -0.15) is 0 Å². The van der Waals surface area contributed by atoms with Crippen molar-refractivity contribution in [1.82, 2.24) is 0 Å². The summed E-state index contributed by atoms with van der Waals surface area (Å²) in [6.07, 6.45) is 5.32. The summed E-state index contributed by atoms with van der Waals surface area (Å²) in [6, 6.07) is 0. The SMILES string of the molecule is O=C(O)C1(C2CC2)CCOC1C1CC1. The van der Waals surface area contributed by atoms with E-state index in [2.05, 4.69) is 0 Å². The van der Waals surface area contributed by atoms with E-state index in [1.165, 1.54) is 12.8 Å². The van der Waals surface area contributed by atoms with Crippen molar-refractivity contribution in [1.29, 1.82) is 0 Å². The average Bonchev–Trinajstić information content (AvgIpc) is 3.03. The molecule has 3 rings (SSSR count).